The summed E-state index contributed by atoms with van der Waals surface area (Å²) in [4.78, 5) is 6.82. The van der Waals surface area contributed by atoms with Crippen molar-refractivity contribution in [2.24, 2.45) is 5.92 Å². The lowest BCUT2D eigenvalue weighted by Crippen LogP contribution is -2.50. The Morgan fingerprint density at radius 3 is 2.81 bits per heavy atom. The van der Waals surface area contributed by atoms with E-state index in [1.165, 1.54) is 0 Å². The summed E-state index contributed by atoms with van der Waals surface area (Å²) in [5.74, 6) is 1.46. The molecule has 3 heterocycles. The normalized spacial score (nSPS) is 24.9. The molecule has 6 heteroatoms. The molecule has 116 valence electrons. The van der Waals surface area contributed by atoms with Crippen molar-refractivity contribution in [3.05, 3.63) is 23.4 Å². The summed E-state index contributed by atoms with van der Waals surface area (Å²) in [6.07, 6.45) is 2.81. The van der Waals surface area contributed by atoms with Crippen molar-refractivity contribution in [2.45, 2.75) is 12.5 Å². The number of ether oxygens (including phenoxy) is 2. The fourth-order valence-corrected chi connectivity index (χ4v) is 3.16. The zero-order chi connectivity index (χ0) is 14.5. The molecular weight excluding hydrogens is 290 g/mol. The average molecular weight is 312 g/mol. The average Bonchev–Trinajstić information content (AvgIpc) is 3.05. The van der Waals surface area contributed by atoms with E-state index in [2.05, 4.69) is 15.2 Å². The minimum Gasteiger partial charge on any atom is -0.381 e. The largest absolute Gasteiger partial charge is 0.381 e. The van der Waals surface area contributed by atoms with Crippen LogP contribution in [0.25, 0.3) is 0 Å². The van der Waals surface area contributed by atoms with Gasteiger partial charge in [0.05, 0.1) is 24.8 Å². The summed E-state index contributed by atoms with van der Waals surface area (Å²) in [7, 11) is 0. The molecule has 0 amide bonds. The Kier molecular flexibility index (Phi) is 5.30. The molecule has 2 aliphatic rings. The predicted octanol–water partition coefficient (Wildman–Crippen LogP) is 1.88. The first-order valence-corrected chi connectivity index (χ1v) is 7.96. The second-order valence-electron chi connectivity index (χ2n) is 5.58. The molecule has 5 nitrogen and oxygen atoms in total. The van der Waals surface area contributed by atoms with Crippen LogP contribution in [0.4, 0.5) is 5.82 Å². The van der Waals surface area contributed by atoms with Gasteiger partial charge >= 0.3 is 0 Å². The molecule has 0 unspecified atom stereocenters. The number of pyridine rings is 1. The van der Waals surface area contributed by atoms with Crippen LogP contribution in [-0.4, -0.2) is 62.0 Å². The molecule has 2 aliphatic heterocycles. The van der Waals surface area contributed by atoms with E-state index in [-0.39, 0.29) is 0 Å². The summed E-state index contributed by atoms with van der Waals surface area (Å²) in [5, 5.41) is 4.10. The van der Waals surface area contributed by atoms with Gasteiger partial charge in [-0.2, -0.15) is 0 Å². The van der Waals surface area contributed by atoms with Gasteiger partial charge in [0, 0.05) is 44.4 Å². The van der Waals surface area contributed by atoms with Crippen LogP contribution in [0.3, 0.4) is 0 Å². The van der Waals surface area contributed by atoms with Gasteiger partial charge in [-0.3, -0.25) is 4.90 Å². The lowest BCUT2D eigenvalue weighted by molar-refractivity contribution is 0.00460. The summed E-state index contributed by atoms with van der Waals surface area (Å²) < 4.78 is 11.0. The number of rotatable bonds is 5. The van der Waals surface area contributed by atoms with E-state index in [1.807, 2.05) is 12.1 Å². The molecule has 2 saturated heterocycles. The highest BCUT2D eigenvalue weighted by Gasteiger charge is 2.31. The number of hydrogen-bond donors (Lipinski definition) is 1. The minimum absolute atomic E-state index is 0.467. The van der Waals surface area contributed by atoms with E-state index >= 15 is 0 Å². The molecule has 0 saturated carbocycles. The predicted molar refractivity (Wildman–Crippen MR) is 82.8 cm³/mol. The Hall–Kier alpha value is -0.880. The van der Waals surface area contributed by atoms with Crippen LogP contribution in [0.15, 0.2) is 18.3 Å². The van der Waals surface area contributed by atoms with Crippen LogP contribution in [-0.2, 0) is 9.47 Å². The number of morpholine rings is 1. The Labute approximate surface area is 130 Å². The summed E-state index contributed by atoms with van der Waals surface area (Å²) >= 11 is 5.87. The highest BCUT2D eigenvalue weighted by Crippen LogP contribution is 2.22. The standard InChI is InChI=1S/C15H22ClN3O2/c16-13-1-2-15(17-9-13)18-10-14(12-3-6-21-11-12)19-4-7-20-8-5-19/h1-2,9,12,14H,3-8,10-11H2,(H,17,18)/t12-,14-/m0/s1. The molecule has 0 bridgehead atoms. The van der Waals surface area contributed by atoms with E-state index in [1.54, 1.807) is 6.20 Å². The number of aromatic nitrogens is 1. The molecule has 1 N–H and O–H groups in total. The van der Waals surface area contributed by atoms with Gasteiger partial charge in [-0.15, -0.1) is 0 Å². The summed E-state index contributed by atoms with van der Waals surface area (Å²) in [5.41, 5.74) is 0. The molecular formula is C15H22ClN3O2. The lowest BCUT2D eigenvalue weighted by atomic mass is 9.97. The van der Waals surface area contributed by atoms with Gasteiger partial charge in [-0.05, 0) is 18.6 Å². The molecule has 0 aliphatic carbocycles. The van der Waals surface area contributed by atoms with Gasteiger partial charge in [-0.25, -0.2) is 4.98 Å². The van der Waals surface area contributed by atoms with Crippen LogP contribution in [0.1, 0.15) is 6.42 Å². The maximum Gasteiger partial charge on any atom is 0.126 e. The maximum absolute atomic E-state index is 5.87. The fourth-order valence-electron chi connectivity index (χ4n) is 3.05. The molecule has 2 fully saturated rings. The van der Waals surface area contributed by atoms with Gasteiger partial charge in [0.1, 0.15) is 5.82 Å². The summed E-state index contributed by atoms with van der Waals surface area (Å²) in [6, 6.07) is 4.25. The number of hydrogen-bond acceptors (Lipinski definition) is 5. The second-order valence-corrected chi connectivity index (χ2v) is 6.02. The SMILES string of the molecule is Clc1ccc(NC[C@@H]([C@H]2CCOC2)N2CCOCC2)nc1. The first kappa shape index (κ1) is 15.0. The molecule has 0 aromatic carbocycles. The van der Waals surface area contributed by atoms with Gasteiger partial charge < -0.3 is 14.8 Å². The van der Waals surface area contributed by atoms with Crippen LogP contribution >= 0.6 is 11.6 Å². The van der Waals surface area contributed by atoms with Crippen molar-refractivity contribution in [1.29, 1.82) is 0 Å². The Morgan fingerprint density at radius 2 is 2.14 bits per heavy atom. The smallest absolute Gasteiger partial charge is 0.126 e. The van der Waals surface area contributed by atoms with Gasteiger partial charge in [0.15, 0.2) is 0 Å². The summed E-state index contributed by atoms with van der Waals surface area (Å²) in [6.45, 7) is 6.26. The molecule has 21 heavy (non-hydrogen) atoms. The van der Waals surface area contributed by atoms with Crippen LogP contribution in [0.5, 0.6) is 0 Å². The Bertz CT molecular complexity index is 431. The zero-order valence-electron chi connectivity index (χ0n) is 12.1. The van der Waals surface area contributed by atoms with E-state index < -0.39 is 0 Å². The highest BCUT2D eigenvalue weighted by molar-refractivity contribution is 6.30. The zero-order valence-corrected chi connectivity index (χ0v) is 12.9. The van der Waals surface area contributed by atoms with Crippen LogP contribution in [0.2, 0.25) is 5.02 Å². The quantitative estimate of drug-likeness (QED) is 0.900. The van der Waals surface area contributed by atoms with Crippen molar-refractivity contribution in [1.82, 2.24) is 9.88 Å². The third kappa shape index (κ3) is 4.07. The van der Waals surface area contributed by atoms with Crippen molar-refractivity contribution in [3.63, 3.8) is 0 Å². The molecule has 3 rings (SSSR count). The Morgan fingerprint density at radius 1 is 1.29 bits per heavy atom. The number of nitrogens with zero attached hydrogens (tertiary/aromatic N) is 2. The van der Waals surface area contributed by atoms with Gasteiger partial charge in [0.2, 0.25) is 0 Å². The van der Waals surface area contributed by atoms with Crippen molar-refractivity contribution in [3.8, 4) is 0 Å². The van der Waals surface area contributed by atoms with Gasteiger partial charge in [0.25, 0.3) is 0 Å². The monoisotopic (exact) mass is 311 g/mol. The topological polar surface area (TPSA) is 46.6 Å². The molecule has 0 radical (unpaired) electrons. The molecule has 1 aromatic heterocycles. The van der Waals surface area contributed by atoms with E-state index in [9.17, 15) is 0 Å². The minimum atomic E-state index is 0.467. The van der Waals surface area contributed by atoms with Crippen molar-refractivity contribution < 1.29 is 9.47 Å². The first-order chi connectivity index (χ1) is 10.3. The number of nitrogens with one attached hydrogen (secondary N) is 1. The number of halogens is 1. The van der Waals surface area contributed by atoms with Gasteiger partial charge in [-0.1, -0.05) is 11.6 Å². The molecule has 1 aromatic rings. The van der Waals surface area contributed by atoms with Crippen molar-refractivity contribution in [2.75, 3.05) is 51.4 Å². The Balaban J connectivity index is 1.62. The lowest BCUT2D eigenvalue weighted by Gasteiger charge is -2.37. The highest BCUT2D eigenvalue weighted by atomic mass is 35.5. The first-order valence-electron chi connectivity index (χ1n) is 7.58. The van der Waals surface area contributed by atoms with Crippen LogP contribution < -0.4 is 5.32 Å². The second kappa shape index (κ2) is 7.40. The van der Waals surface area contributed by atoms with Crippen molar-refractivity contribution >= 4 is 17.4 Å². The van der Waals surface area contributed by atoms with Crippen LogP contribution in [0, 0.1) is 5.92 Å². The third-order valence-electron chi connectivity index (χ3n) is 4.24. The van der Waals surface area contributed by atoms with E-state index in [0.717, 1.165) is 58.3 Å². The van der Waals surface area contributed by atoms with E-state index in [4.69, 9.17) is 21.1 Å². The third-order valence-corrected chi connectivity index (χ3v) is 4.47. The molecule has 2 atom stereocenters. The van der Waals surface area contributed by atoms with E-state index in [0.29, 0.717) is 17.0 Å². The fraction of sp³-hybridized carbons (Fsp3) is 0.667. The number of anilines is 1. The molecule has 0 spiro atoms. The maximum atomic E-state index is 5.87.